The van der Waals surface area contributed by atoms with Crippen molar-refractivity contribution in [3.63, 3.8) is 0 Å². The van der Waals surface area contributed by atoms with Crippen LogP contribution in [0.2, 0.25) is 0 Å². The summed E-state index contributed by atoms with van der Waals surface area (Å²) in [6, 6.07) is 0. The number of hydrogen-bond donors (Lipinski definition) is 0. The lowest BCUT2D eigenvalue weighted by atomic mass is 10.3. The molecule has 0 spiro atoms. The molecule has 0 aromatic carbocycles. The number of rotatable bonds is 4. The van der Waals surface area contributed by atoms with E-state index >= 15 is 0 Å². The first-order valence-electron chi connectivity index (χ1n) is 2.12. The largest absolute Gasteiger partial charge is 0.291 e. The second-order valence-electron chi connectivity index (χ2n) is 1.14. The molecule has 0 aliphatic carbocycles. The zero-order valence-electron chi connectivity index (χ0n) is 3.94. The highest BCUT2D eigenvalue weighted by atomic mass is 16.1. The van der Waals surface area contributed by atoms with Crippen LogP contribution in [0.5, 0.6) is 0 Å². The van der Waals surface area contributed by atoms with E-state index in [0.29, 0.717) is 19.3 Å². The Kier molecular flexibility index (Phi) is 4.84. The van der Waals surface area contributed by atoms with Crippen molar-refractivity contribution in [2.24, 2.45) is 0 Å². The van der Waals surface area contributed by atoms with Crippen LogP contribution in [0, 0.1) is 0 Å². The number of carbonyl (C=O) groups excluding carboxylic acids is 2. The minimum Gasteiger partial charge on any atom is -0.291 e. The van der Waals surface area contributed by atoms with Crippen LogP contribution in [0.1, 0.15) is 19.3 Å². The lowest BCUT2D eigenvalue weighted by molar-refractivity contribution is 0.541. The van der Waals surface area contributed by atoms with Gasteiger partial charge in [-0.3, -0.25) is 9.59 Å². The molecule has 0 atom stereocenters. The van der Waals surface area contributed by atoms with Gasteiger partial charge in [-0.2, -0.15) is 0 Å². The fourth-order valence-electron chi connectivity index (χ4n) is 0.233. The van der Waals surface area contributed by atoms with Gasteiger partial charge in [-0.1, -0.05) is 0 Å². The fourth-order valence-corrected chi connectivity index (χ4v) is 0.233. The molecule has 0 aliphatic rings. The maximum Gasteiger partial charge on any atom is 0.198 e. The Morgan fingerprint density at radius 3 is 1.71 bits per heavy atom. The maximum absolute atomic E-state index is 9.42. The van der Waals surface area contributed by atoms with Gasteiger partial charge in [0.05, 0.1) is 0 Å². The van der Waals surface area contributed by atoms with Crippen LogP contribution in [0.3, 0.4) is 0 Å². The van der Waals surface area contributed by atoms with Crippen molar-refractivity contribution in [3.8, 4) is 0 Å². The Bertz CT molecular complexity index is 51.1. The average Bonchev–Trinajstić information content (AvgIpc) is 1.69. The molecule has 0 unspecified atom stereocenters. The molecule has 7 heavy (non-hydrogen) atoms. The molecule has 0 aliphatic heterocycles. The summed E-state index contributed by atoms with van der Waals surface area (Å²) < 4.78 is 0. The summed E-state index contributed by atoms with van der Waals surface area (Å²) in [7, 11) is 0. The highest BCUT2D eigenvalue weighted by Gasteiger charge is 1.82. The second kappa shape index (κ2) is 5.34. The summed E-state index contributed by atoms with van der Waals surface area (Å²) in [5.74, 6) is 0. The molecular formula is C5H6O2. The molecule has 2 heteroatoms. The molecule has 0 rings (SSSR count). The van der Waals surface area contributed by atoms with Crippen molar-refractivity contribution in [2.45, 2.75) is 19.3 Å². The summed E-state index contributed by atoms with van der Waals surface area (Å²) in [6.07, 6.45) is 4.65. The zero-order chi connectivity index (χ0) is 5.54. The highest BCUT2D eigenvalue weighted by Crippen LogP contribution is 1.85. The van der Waals surface area contributed by atoms with E-state index < -0.39 is 0 Å². The fraction of sp³-hybridized carbons (Fsp3) is 0.600. The van der Waals surface area contributed by atoms with Crippen LogP contribution in [-0.2, 0) is 9.59 Å². The van der Waals surface area contributed by atoms with Crippen LogP contribution >= 0.6 is 0 Å². The molecule has 0 amide bonds. The molecule has 0 aromatic rings. The topological polar surface area (TPSA) is 34.1 Å². The predicted molar refractivity (Wildman–Crippen MR) is 25.2 cm³/mol. The molecule has 0 heterocycles. The van der Waals surface area contributed by atoms with Crippen LogP contribution in [0.25, 0.3) is 0 Å². The smallest absolute Gasteiger partial charge is 0.198 e. The van der Waals surface area contributed by atoms with Crippen LogP contribution in [0.4, 0.5) is 0 Å². The van der Waals surface area contributed by atoms with Crippen molar-refractivity contribution in [1.82, 2.24) is 0 Å². The van der Waals surface area contributed by atoms with Gasteiger partial charge in [0, 0.05) is 12.8 Å². The van der Waals surface area contributed by atoms with E-state index in [2.05, 4.69) is 0 Å². The van der Waals surface area contributed by atoms with E-state index in [0.717, 1.165) is 0 Å². The molecule has 0 N–H and O–H groups in total. The maximum atomic E-state index is 9.42. The van der Waals surface area contributed by atoms with E-state index in [9.17, 15) is 9.59 Å². The Hall–Kier alpha value is -0.660. The second-order valence-corrected chi connectivity index (χ2v) is 1.14. The lowest BCUT2D eigenvalue weighted by Gasteiger charge is -1.76. The molecule has 0 saturated heterocycles. The van der Waals surface area contributed by atoms with Crippen LogP contribution in [0.15, 0.2) is 0 Å². The minimum absolute atomic E-state index is 0.356. The van der Waals surface area contributed by atoms with E-state index in [-0.39, 0.29) is 0 Å². The van der Waals surface area contributed by atoms with Gasteiger partial charge < -0.3 is 0 Å². The van der Waals surface area contributed by atoms with Gasteiger partial charge in [-0.15, -0.1) is 0 Å². The van der Waals surface area contributed by atoms with Crippen molar-refractivity contribution in [2.75, 3.05) is 0 Å². The van der Waals surface area contributed by atoms with Gasteiger partial charge in [0.25, 0.3) is 0 Å². The average molecular weight is 98.1 g/mol. The quantitative estimate of drug-likeness (QED) is 0.476. The Morgan fingerprint density at radius 2 is 1.43 bits per heavy atom. The lowest BCUT2D eigenvalue weighted by Crippen LogP contribution is -1.76. The van der Waals surface area contributed by atoms with Gasteiger partial charge in [0.1, 0.15) is 0 Å². The molecule has 0 saturated carbocycles. The summed E-state index contributed by atoms with van der Waals surface area (Å²) in [5, 5.41) is 0. The first-order chi connectivity index (χ1) is 3.41. The summed E-state index contributed by atoms with van der Waals surface area (Å²) >= 11 is 0. The molecular weight excluding hydrogens is 92.1 g/mol. The standard InChI is InChI=1S/C5H6O2/c6-4-2-1-3-5-7/h1-3H2. The molecule has 38 valence electrons. The summed E-state index contributed by atoms with van der Waals surface area (Å²) in [4.78, 5) is 18.8. The third-order valence-corrected chi connectivity index (χ3v) is 0.558. The van der Waals surface area contributed by atoms with Crippen molar-refractivity contribution < 1.29 is 9.59 Å². The number of unbranched alkanes of at least 4 members (excludes halogenated alkanes) is 2. The van der Waals surface area contributed by atoms with E-state index in [1.54, 1.807) is 12.6 Å². The SMILES string of the molecule is O=[C]CCC[C]=O. The molecule has 0 bridgehead atoms. The molecule has 2 nitrogen and oxygen atoms in total. The van der Waals surface area contributed by atoms with Crippen molar-refractivity contribution in [1.29, 1.82) is 0 Å². The van der Waals surface area contributed by atoms with Crippen LogP contribution in [-0.4, -0.2) is 12.6 Å². The number of hydrogen-bond acceptors (Lipinski definition) is 2. The zero-order valence-corrected chi connectivity index (χ0v) is 3.94. The molecule has 2 radical (unpaired) electrons. The Morgan fingerprint density at radius 1 is 1.00 bits per heavy atom. The molecule has 0 aromatic heterocycles. The third kappa shape index (κ3) is 5.34. The van der Waals surface area contributed by atoms with E-state index in [4.69, 9.17) is 0 Å². The van der Waals surface area contributed by atoms with Gasteiger partial charge in [0.2, 0.25) is 0 Å². The van der Waals surface area contributed by atoms with Gasteiger partial charge in [-0.25, -0.2) is 0 Å². The van der Waals surface area contributed by atoms with Gasteiger partial charge in [0.15, 0.2) is 12.6 Å². The van der Waals surface area contributed by atoms with Gasteiger partial charge >= 0.3 is 0 Å². The van der Waals surface area contributed by atoms with Crippen molar-refractivity contribution in [3.05, 3.63) is 0 Å². The highest BCUT2D eigenvalue weighted by molar-refractivity contribution is 5.53. The first kappa shape index (κ1) is 6.34. The monoisotopic (exact) mass is 98.0 g/mol. The van der Waals surface area contributed by atoms with E-state index in [1.165, 1.54) is 0 Å². The minimum atomic E-state index is 0.356. The predicted octanol–water partition coefficient (Wildman–Crippen LogP) is 0.376. The molecule has 0 fully saturated rings. The third-order valence-electron chi connectivity index (χ3n) is 0.558. The van der Waals surface area contributed by atoms with Gasteiger partial charge in [-0.05, 0) is 6.42 Å². The summed E-state index contributed by atoms with van der Waals surface area (Å²) in [6.45, 7) is 0. The van der Waals surface area contributed by atoms with Crippen LogP contribution < -0.4 is 0 Å². The van der Waals surface area contributed by atoms with Crippen molar-refractivity contribution >= 4 is 12.6 Å². The Balaban J connectivity index is 2.68. The van der Waals surface area contributed by atoms with E-state index in [1.807, 2.05) is 0 Å². The first-order valence-corrected chi connectivity index (χ1v) is 2.12. The summed E-state index contributed by atoms with van der Waals surface area (Å²) in [5.41, 5.74) is 0. The Labute approximate surface area is 42.5 Å². The normalized spacial score (nSPS) is 8.00.